The molecule has 2 N–H and O–H groups in total. The van der Waals surface area contributed by atoms with Gasteiger partial charge in [-0.1, -0.05) is 6.08 Å². The predicted octanol–water partition coefficient (Wildman–Crippen LogP) is -1.27. The van der Waals surface area contributed by atoms with Gasteiger partial charge in [-0.3, -0.25) is 9.97 Å². The molecule has 1 rings (SSSR count). The molecular weight excluding hydrogens is 242 g/mol. The van der Waals surface area contributed by atoms with E-state index in [1.807, 2.05) is 9.97 Å². The molecule has 0 atom stereocenters. The number of hydrogen-bond acceptors (Lipinski definition) is 5. The highest BCUT2D eigenvalue weighted by molar-refractivity contribution is 5.87. The molecule has 0 aliphatic rings. The highest BCUT2D eigenvalue weighted by Crippen LogP contribution is 1.95. The Balaban J connectivity index is 2.72. The molecule has 1 aromatic heterocycles. The molecule has 0 radical (unpaired) electrons. The van der Waals surface area contributed by atoms with Gasteiger partial charge in [0.05, 0.1) is 6.54 Å². The van der Waals surface area contributed by atoms with E-state index < -0.39 is 23.0 Å². The third-order valence-corrected chi connectivity index (χ3v) is 2.23. The van der Waals surface area contributed by atoms with E-state index in [0.717, 1.165) is 4.57 Å². The smallest absolute Gasteiger partial charge is 0.333 e. The zero-order chi connectivity index (χ0) is 13.7. The maximum atomic E-state index is 11.3. The molecule has 98 valence electrons. The van der Waals surface area contributed by atoms with Crippen molar-refractivity contribution in [3.63, 3.8) is 0 Å². The quantitative estimate of drug-likeness (QED) is 0.514. The maximum Gasteiger partial charge on any atom is 0.333 e. The van der Waals surface area contributed by atoms with Crippen molar-refractivity contribution in [1.29, 1.82) is 0 Å². The Morgan fingerprint density at radius 3 is 2.33 bits per heavy atom. The van der Waals surface area contributed by atoms with Gasteiger partial charge in [0.15, 0.2) is 0 Å². The van der Waals surface area contributed by atoms with E-state index in [0.29, 0.717) is 5.57 Å². The number of H-pyrrole nitrogens is 2. The average molecular weight is 255 g/mol. The van der Waals surface area contributed by atoms with Gasteiger partial charge in [0.25, 0.3) is 0 Å². The van der Waals surface area contributed by atoms with E-state index in [2.05, 4.69) is 0 Å². The lowest BCUT2D eigenvalue weighted by atomic mass is 10.3. The number of nitrogens with zero attached hydrogens (tertiary/aromatic N) is 1. The van der Waals surface area contributed by atoms with Crippen molar-refractivity contribution in [3.05, 3.63) is 43.1 Å². The average Bonchev–Trinajstić information content (AvgIpc) is 2.31. The zero-order valence-corrected chi connectivity index (χ0v) is 9.98. The maximum absolute atomic E-state index is 11.3. The number of hydrogen-bond donors (Lipinski definition) is 2. The first-order valence-electron chi connectivity index (χ1n) is 5.19. The van der Waals surface area contributed by atoms with E-state index in [1.54, 1.807) is 19.9 Å². The van der Waals surface area contributed by atoms with Gasteiger partial charge in [0.2, 0.25) is 0 Å². The van der Waals surface area contributed by atoms with Gasteiger partial charge < -0.3 is 4.74 Å². The molecule has 0 saturated carbocycles. The number of carbonyl (C=O) groups excluding carboxylic acids is 1. The first kappa shape index (κ1) is 13.7. The summed E-state index contributed by atoms with van der Waals surface area (Å²) in [5.41, 5.74) is -2.13. The summed E-state index contributed by atoms with van der Waals surface area (Å²) in [6.07, 6.45) is 1.58. The third-order valence-electron chi connectivity index (χ3n) is 2.23. The Hall–Kier alpha value is -2.38. The second kappa shape index (κ2) is 5.80. The number of nitrogens with one attached hydrogen (secondary N) is 2. The lowest BCUT2D eigenvalue weighted by Gasteiger charge is -2.05. The molecule has 0 aromatic carbocycles. The normalized spacial score (nSPS) is 11.3. The van der Waals surface area contributed by atoms with E-state index in [1.165, 1.54) is 0 Å². The van der Waals surface area contributed by atoms with Gasteiger partial charge in [-0.25, -0.2) is 23.7 Å². The fourth-order valence-corrected chi connectivity index (χ4v) is 1.12. The third kappa shape index (κ3) is 3.30. The van der Waals surface area contributed by atoms with Crippen LogP contribution in [0.25, 0.3) is 0 Å². The highest BCUT2D eigenvalue weighted by atomic mass is 16.5. The van der Waals surface area contributed by atoms with Crippen LogP contribution in [0.2, 0.25) is 0 Å². The topological polar surface area (TPSA) is 114 Å². The molecule has 0 fully saturated rings. The van der Waals surface area contributed by atoms with Gasteiger partial charge in [-0.15, -0.1) is 0 Å². The Bertz CT molecular complexity index is 600. The number of ether oxygens (including phenoxy) is 1. The van der Waals surface area contributed by atoms with Gasteiger partial charge >= 0.3 is 23.0 Å². The van der Waals surface area contributed by atoms with E-state index >= 15 is 0 Å². The van der Waals surface area contributed by atoms with Crippen LogP contribution < -0.4 is 17.1 Å². The molecule has 0 amide bonds. The number of esters is 1. The van der Waals surface area contributed by atoms with Crippen molar-refractivity contribution in [2.45, 2.75) is 20.4 Å². The van der Waals surface area contributed by atoms with Crippen molar-refractivity contribution in [3.8, 4) is 0 Å². The second-order valence-corrected chi connectivity index (χ2v) is 3.45. The molecule has 1 aromatic rings. The van der Waals surface area contributed by atoms with E-state index in [9.17, 15) is 19.2 Å². The number of carbonyl (C=O) groups is 1. The zero-order valence-electron chi connectivity index (χ0n) is 9.98. The van der Waals surface area contributed by atoms with Crippen molar-refractivity contribution in [1.82, 2.24) is 14.5 Å². The number of allylic oxidation sites excluding steroid dienone is 1. The van der Waals surface area contributed by atoms with Gasteiger partial charge in [-0.05, 0) is 13.8 Å². The van der Waals surface area contributed by atoms with Crippen LogP contribution in [0.15, 0.2) is 26.0 Å². The minimum absolute atomic E-state index is 0.131. The summed E-state index contributed by atoms with van der Waals surface area (Å²) in [5, 5.41) is 0. The van der Waals surface area contributed by atoms with Crippen molar-refractivity contribution >= 4 is 5.97 Å². The van der Waals surface area contributed by atoms with Crippen LogP contribution in [-0.4, -0.2) is 27.1 Å². The fourth-order valence-electron chi connectivity index (χ4n) is 1.12. The SMILES string of the molecule is CC=C(C)C(=O)OCCn1c(=O)[nH]c(=O)[nH]c1=O. The minimum Gasteiger partial charge on any atom is -0.460 e. The van der Waals surface area contributed by atoms with Crippen LogP contribution in [0.5, 0.6) is 0 Å². The second-order valence-electron chi connectivity index (χ2n) is 3.45. The fraction of sp³-hybridized carbons (Fsp3) is 0.400. The summed E-state index contributed by atoms with van der Waals surface area (Å²) in [4.78, 5) is 48.3. The molecule has 8 heteroatoms. The van der Waals surface area contributed by atoms with Crippen LogP contribution in [0.3, 0.4) is 0 Å². The predicted molar refractivity (Wildman–Crippen MR) is 62.3 cm³/mol. The Morgan fingerprint density at radius 1 is 1.28 bits per heavy atom. The first-order valence-corrected chi connectivity index (χ1v) is 5.19. The molecule has 0 unspecified atom stereocenters. The van der Waals surface area contributed by atoms with Crippen molar-refractivity contribution < 1.29 is 9.53 Å². The summed E-state index contributed by atoms with van der Waals surface area (Å²) in [7, 11) is 0. The monoisotopic (exact) mass is 255 g/mol. The number of rotatable bonds is 4. The Labute approximate surface area is 101 Å². The van der Waals surface area contributed by atoms with Crippen LogP contribution >= 0.6 is 0 Å². The van der Waals surface area contributed by atoms with E-state index in [4.69, 9.17) is 4.74 Å². The molecule has 0 bridgehead atoms. The van der Waals surface area contributed by atoms with Crippen LogP contribution in [0.4, 0.5) is 0 Å². The summed E-state index contributed by atoms with van der Waals surface area (Å²) in [6.45, 7) is 3.00. The van der Waals surface area contributed by atoms with Gasteiger partial charge in [0.1, 0.15) is 6.61 Å². The molecule has 0 aliphatic carbocycles. The molecule has 0 aliphatic heterocycles. The first-order chi connectivity index (χ1) is 8.45. The lowest BCUT2D eigenvalue weighted by molar-refractivity contribution is -0.139. The van der Waals surface area contributed by atoms with Crippen LogP contribution in [0, 0.1) is 0 Å². The summed E-state index contributed by atoms with van der Waals surface area (Å²) in [6, 6.07) is 0. The number of aromatic amines is 2. The summed E-state index contributed by atoms with van der Waals surface area (Å²) >= 11 is 0. The van der Waals surface area contributed by atoms with Gasteiger partial charge in [-0.2, -0.15) is 0 Å². The summed E-state index contributed by atoms with van der Waals surface area (Å²) in [5.74, 6) is -0.522. The summed E-state index contributed by atoms with van der Waals surface area (Å²) < 4.78 is 5.56. The molecule has 0 saturated heterocycles. The Kier molecular flexibility index (Phi) is 4.41. The molecule has 8 nitrogen and oxygen atoms in total. The molecule has 0 spiro atoms. The number of aromatic nitrogens is 3. The van der Waals surface area contributed by atoms with Gasteiger partial charge in [0, 0.05) is 5.57 Å². The van der Waals surface area contributed by atoms with Crippen molar-refractivity contribution in [2.75, 3.05) is 6.61 Å². The molecular formula is C10H13N3O5. The van der Waals surface area contributed by atoms with Crippen LogP contribution in [0.1, 0.15) is 13.8 Å². The Morgan fingerprint density at radius 2 is 1.83 bits per heavy atom. The lowest BCUT2D eigenvalue weighted by Crippen LogP contribution is -2.44. The standard InChI is InChI=1S/C10H13N3O5/c1-3-6(2)7(14)18-5-4-13-9(16)11-8(15)12-10(13)17/h3H,4-5H2,1-2H3,(H2,11,12,15,16,17). The highest BCUT2D eigenvalue weighted by Gasteiger charge is 2.06. The van der Waals surface area contributed by atoms with Crippen molar-refractivity contribution in [2.24, 2.45) is 0 Å². The van der Waals surface area contributed by atoms with E-state index in [-0.39, 0.29) is 13.2 Å². The molecule has 1 heterocycles. The minimum atomic E-state index is -0.872. The largest absolute Gasteiger partial charge is 0.460 e. The van der Waals surface area contributed by atoms with Crippen LogP contribution in [-0.2, 0) is 16.1 Å². The molecule has 18 heavy (non-hydrogen) atoms.